The van der Waals surface area contributed by atoms with E-state index in [0.717, 1.165) is 0 Å². The molecule has 0 spiro atoms. The molecule has 2 N–H and O–H groups in total. The topological polar surface area (TPSA) is 76.0 Å². The second-order valence-electron chi connectivity index (χ2n) is 2.87. The Kier molecular flexibility index (Phi) is 1.82. The summed E-state index contributed by atoms with van der Waals surface area (Å²) in [6.07, 6.45) is -0.940. The Bertz CT molecular complexity index is 398. The number of benzene rings is 1. The van der Waals surface area contributed by atoms with Gasteiger partial charge in [0.2, 0.25) is 6.29 Å². The lowest BCUT2D eigenvalue weighted by Crippen LogP contribution is -2.00. The van der Waals surface area contributed by atoms with Crippen LogP contribution in [0.5, 0.6) is 11.5 Å². The van der Waals surface area contributed by atoms with Crippen LogP contribution in [-0.4, -0.2) is 23.3 Å². The molecular formula is C9H8O5. The lowest BCUT2D eigenvalue weighted by atomic mass is 10.1. The zero-order valence-corrected chi connectivity index (χ0v) is 7.35. The molecule has 0 fully saturated rings. The highest BCUT2D eigenvalue weighted by atomic mass is 16.7. The number of fused-ring (bicyclic) bond motifs is 1. The number of carbonyl (C=O) groups is 1. The monoisotopic (exact) mass is 196 g/mol. The molecule has 1 aromatic rings. The fraction of sp³-hybridized carbons (Fsp3) is 0.222. The van der Waals surface area contributed by atoms with Gasteiger partial charge < -0.3 is 19.7 Å². The first-order chi connectivity index (χ1) is 6.65. The predicted molar refractivity (Wildman–Crippen MR) is 44.9 cm³/mol. The number of aromatic hydroxyl groups is 2. The minimum atomic E-state index is -0.940. The van der Waals surface area contributed by atoms with Crippen LogP contribution in [-0.2, 0) is 9.47 Å². The minimum absolute atomic E-state index is 0.0307. The van der Waals surface area contributed by atoms with Crippen molar-refractivity contribution >= 4 is 5.97 Å². The summed E-state index contributed by atoms with van der Waals surface area (Å²) in [5.41, 5.74) is 0.148. The first-order valence-electron chi connectivity index (χ1n) is 3.93. The molecule has 1 heterocycles. The van der Waals surface area contributed by atoms with Gasteiger partial charge in [-0.05, 0) is 12.1 Å². The molecule has 0 aliphatic carbocycles. The van der Waals surface area contributed by atoms with E-state index in [-0.39, 0.29) is 22.6 Å². The predicted octanol–water partition coefficient (Wildman–Crippen LogP) is 0.913. The van der Waals surface area contributed by atoms with Gasteiger partial charge in [0.1, 0.15) is 17.1 Å². The number of rotatable bonds is 1. The van der Waals surface area contributed by atoms with Crippen LogP contribution in [0, 0.1) is 0 Å². The number of phenols is 2. The van der Waals surface area contributed by atoms with E-state index in [0.29, 0.717) is 0 Å². The van der Waals surface area contributed by atoms with Gasteiger partial charge in [-0.2, -0.15) is 0 Å². The lowest BCUT2D eigenvalue weighted by Gasteiger charge is -2.08. The fourth-order valence-corrected chi connectivity index (χ4v) is 1.43. The van der Waals surface area contributed by atoms with E-state index in [1.807, 2.05) is 0 Å². The Balaban J connectivity index is 2.66. The molecule has 1 aromatic carbocycles. The molecule has 1 aliphatic rings. The number of esters is 1. The van der Waals surface area contributed by atoms with Crippen molar-refractivity contribution in [2.75, 3.05) is 7.11 Å². The van der Waals surface area contributed by atoms with Crippen molar-refractivity contribution in [1.82, 2.24) is 0 Å². The highest BCUT2D eigenvalue weighted by Gasteiger charge is 2.36. The summed E-state index contributed by atoms with van der Waals surface area (Å²) < 4.78 is 9.59. The van der Waals surface area contributed by atoms with E-state index in [1.54, 1.807) is 0 Å². The molecule has 5 heteroatoms. The number of phenolic OH excluding ortho intramolecular Hbond substituents is 2. The molecule has 0 radical (unpaired) electrons. The molecule has 2 rings (SSSR count). The maximum atomic E-state index is 11.2. The first-order valence-corrected chi connectivity index (χ1v) is 3.93. The van der Waals surface area contributed by atoms with Gasteiger partial charge in [0.05, 0.1) is 5.56 Å². The summed E-state index contributed by atoms with van der Waals surface area (Å²) in [5.74, 6) is -1.04. The number of carbonyl (C=O) groups excluding carboxylic acids is 1. The molecule has 5 nitrogen and oxygen atoms in total. The summed E-state index contributed by atoms with van der Waals surface area (Å²) in [4.78, 5) is 11.2. The van der Waals surface area contributed by atoms with E-state index >= 15 is 0 Å². The zero-order valence-electron chi connectivity index (χ0n) is 7.35. The van der Waals surface area contributed by atoms with Crippen LogP contribution in [0.15, 0.2) is 12.1 Å². The van der Waals surface area contributed by atoms with Crippen LogP contribution in [0.2, 0.25) is 0 Å². The molecule has 0 saturated heterocycles. The molecule has 1 unspecified atom stereocenters. The van der Waals surface area contributed by atoms with E-state index < -0.39 is 12.3 Å². The molecule has 0 aromatic heterocycles. The van der Waals surface area contributed by atoms with Gasteiger partial charge in [-0.1, -0.05) is 0 Å². The zero-order chi connectivity index (χ0) is 10.3. The van der Waals surface area contributed by atoms with Crippen LogP contribution in [0.1, 0.15) is 22.2 Å². The number of cyclic esters (lactones) is 1. The van der Waals surface area contributed by atoms with Crippen molar-refractivity contribution in [2.45, 2.75) is 6.29 Å². The Morgan fingerprint density at radius 1 is 1.36 bits per heavy atom. The van der Waals surface area contributed by atoms with E-state index in [4.69, 9.17) is 9.47 Å². The molecule has 74 valence electrons. The molecular weight excluding hydrogens is 188 g/mol. The van der Waals surface area contributed by atoms with Crippen molar-refractivity contribution in [2.24, 2.45) is 0 Å². The third kappa shape index (κ3) is 1.03. The molecule has 1 atom stereocenters. The van der Waals surface area contributed by atoms with Gasteiger partial charge >= 0.3 is 5.97 Å². The van der Waals surface area contributed by atoms with Gasteiger partial charge in [-0.3, -0.25) is 0 Å². The van der Waals surface area contributed by atoms with Gasteiger partial charge in [-0.25, -0.2) is 4.79 Å². The summed E-state index contributed by atoms with van der Waals surface area (Å²) in [6, 6.07) is 2.51. The van der Waals surface area contributed by atoms with Crippen molar-refractivity contribution in [1.29, 1.82) is 0 Å². The van der Waals surface area contributed by atoms with Crippen LogP contribution in [0.3, 0.4) is 0 Å². The average Bonchev–Trinajstić information content (AvgIpc) is 2.50. The molecule has 0 amide bonds. The highest BCUT2D eigenvalue weighted by Crippen LogP contribution is 2.41. The minimum Gasteiger partial charge on any atom is -0.507 e. The Morgan fingerprint density at radius 2 is 2.00 bits per heavy atom. The van der Waals surface area contributed by atoms with Crippen LogP contribution in [0.4, 0.5) is 0 Å². The quantitative estimate of drug-likeness (QED) is 0.515. The van der Waals surface area contributed by atoms with Gasteiger partial charge in [0, 0.05) is 7.11 Å². The molecule has 0 saturated carbocycles. The van der Waals surface area contributed by atoms with Gasteiger partial charge in [-0.15, -0.1) is 0 Å². The lowest BCUT2D eigenvalue weighted by molar-refractivity contribution is -0.0823. The number of methoxy groups -OCH3 is 1. The maximum absolute atomic E-state index is 11.2. The smallest absolute Gasteiger partial charge is 0.345 e. The maximum Gasteiger partial charge on any atom is 0.345 e. The summed E-state index contributed by atoms with van der Waals surface area (Å²) in [6.45, 7) is 0. The SMILES string of the molecule is COC1OC(=O)c2c(O)ccc(O)c21. The molecule has 1 aliphatic heterocycles. The third-order valence-electron chi connectivity index (χ3n) is 2.07. The van der Waals surface area contributed by atoms with Gasteiger partial charge in [0.25, 0.3) is 0 Å². The second kappa shape index (κ2) is 2.88. The fourth-order valence-electron chi connectivity index (χ4n) is 1.43. The molecule has 0 bridgehead atoms. The average molecular weight is 196 g/mol. The number of hydrogen-bond acceptors (Lipinski definition) is 5. The van der Waals surface area contributed by atoms with Crippen LogP contribution < -0.4 is 0 Å². The standard InChI is InChI=1S/C9H8O5/c1-13-9-7-5(11)3-2-4(10)6(7)8(12)14-9/h2-3,9-11H,1H3. The van der Waals surface area contributed by atoms with E-state index in [9.17, 15) is 15.0 Å². The largest absolute Gasteiger partial charge is 0.507 e. The van der Waals surface area contributed by atoms with E-state index in [1.165, 1.54) is 19.2 Å². The normalized spacial score (nSPS) is 19.2. The van der Waals surface area contributed by atoms with Crippen molar-refractivity contribution in [3.8, 4) is 11.5 Å². The highest BCUT2D eigenvalue weighted by molar-refractivity contribution is 5.97. The number of ether oxygens (including phenoxy) is 2. The Hall–Kier alpha value is -1.75. The number of hydrogen-bond donors (Lipinski definition) is 2. The van der Waals surface area contributed by atoms with Crippen LogP contribution >= 0.6 is 0 Å². The van der Waals surface area contributed by atoms with Gasteiger partial charge in [0.15, 0.2) is 0 Å². The Labute approximate surface area is 79.5 Å². The van der Waals surface area contributed by atoms with Crippen LogP contribution in [0.25, 0.3) is 0 Å². The van der Waals surface area contributed by atoms with Crippen molar-refractivity contribution < 1.29 is 24.5 Å². The van der Waals surface area contributed by atoms with Crippen molar-refractivity contribution in [3.63, 3.8) is 0 Å². The summed E-state index contributed by atoms with van der Waals surface area (Å²) >= 11 is 0. The first kappa shape index (κ1) is 8.83. The summed E-state index contributed by atoms with van der Waals surface area (Å²) in [7, 11) is 1.34. The Morgan fingerprint density at radius 3 is 2.64 bits per heavy atom. The van der Waals surface area contributed by atoms with E-state index in [2.05, 4.69) is 0 Å². The molecule has 14 heavy (non-hydrogen) atoms. The third-order valence-corrected chi connectivity index (χ3v) is 2.07. The van der Waals surface area contributed by atoms with Crippen molar-refractivity contribution in [3.05, 3.63) is 23.3 Å². The summed E-state index contributed by atoms with van der Waals surface area (Å²) in [5, 5.41) is 18.8. The second-order valence-corrected chi connectivity index (χ2v) is 2.87.